The van der Waals surface area contributed by atoms with Crippen molar-refractivity contribution in [3.63, 3.8) is 0 Å². The molecule has 1 heterocycles. The molecule has 5 nitrogen and oxygen atoms in total. The van der Waals surface area contributed by atoms with E-state index in [-0.39, 0.29) is 5.78 Å². The minimum atomic E-state index is -0.107. The predicted octanol–water partition coefficient (Wildman–Crippen LogP) is 3.84. The Balaban J connectivity index is 1.70. The SMILES string of the molecule is COc1cccc(OC)c1/C=C/C(=O)/C=C/c1cccc(N2CCOCC2)c1. The molecule has 1 saturated heterocycles. The molecule has 0 amide bonds. The van der Waals surface area contributed by atoms with Gasteiger partial charge >= 0.3 is 0 Å². The number of morpholine rings is 1. The van der Waals surface area contributed by atoms with Crippen LogP contribution in [0.1, 0.15) is 11.1 Å². The van der Waals surface area contributed by atoms with Crippen molar-refractivity contribution in [2.24, 2.45) is 0 Å². The van der Waals surface area contributed by atoms with E-state index in [1.165, 1.54) is 6.08 Å². The number of rotatable bonds is 7. The summed E-state index contributed by atoms with van der Waals surface area (Å²) in [5.41, 5.74) is 2.87. The Morgan fingerprint density at radius 3 is 2.29 bits per heavy atom. The summed E-state index contributed by atoms with van der Waals surface area (Å²) in [6, 6.07) is 13.7. The summed E-state index contributed by atoms with van der Waals surface area (Å²) in [7, 11) is 3.19. The van der Waals surface area contributed by atoms with Gasteiger partial charge in [0.05, 0.1) is 33.0 Å². The number of ether oxygens (including phenoxy) is 3. The van der Waals surface area contributed by atoms with Crippen molar-refractivity contribution in [1.29, 1.82) is 0 Å². The van der Waals surface area contributed by atoms with E-state index >= 15 is 0 Å². The molecule has 0 N–H and O–H groups in total. The van der Waals surface area contributed by atoms with Gasteiger partial charge in [-0.25, -0.2) is 0 Å². The summed E-state index contributed by atoms with van der Waals surface area (Å²) in [6.45, 7) is 3.26. The van der Waals surface area contributed by atoms with Gasteiger partial charge in [0.15, 0.2) is 5.78 Å². The summed E-state index contributed by atoms with van der Waals surface area (Å²) < 4.78 is 16.1. The third kappa shape index (κ3) is 5.02. The van der Waals surface area contributed by atoms with E-state index in [2.05, 4.69) is 17.0 Å². The molecule has 0 radical (unpaired) electrons. The second-order valence-corrected chi connectivity index (χ2v) is 6.34. The van der Waals surface area contributed by atoms with Crippen LogP contribution in [0.2, 0.25) is 0 Å². The molecule has 28 heavy (non-hydrogen) atoms. The molecular formula is C23H25NO4. The number of ketones is 1. The molecule has 1 fully saturated rings. The lowest BCUT2D eigenvalue weighted by atomic mass is 10.1. The quantitative estimate of drug-likeness (QED) is 0.684. The van der Waals surface area contributed by atoms with Crippen molar-refractivity contribution in [1.82, 2.24) is 0 Å². The average molecular weight is 379 g/mol. The van der Waals surface area contributed by atoms with Crippen LogP contribution in [0.3, 0.4) is 0 Å². The normalized spacial score (nSPS) is 14.6. The van der Waals surface area contributed by atoms with Gasteiger partial charge < -0.3 is 19.1 Å². The van der Waals surface area contributed by atoms with Gasteiger partial charge in [0.2, 0.25) is 0 Å². The zero-order valence-corrected chi connectivity index (χ0v) is 16.3. The maximum Gasteiger partial charge on any atom is 0.178 e. The van der Waals surface area contributed by atoms with Crippen molar-refractivity contribution < 1.29 is 19.0 Å². The highest BCUT2D eigenvalue weighted by Gasteiger charge is 2.11. The zero-order valence-electron chi connectivity index (χ0n) is 16.3. The number of carbonyl (C=O) groups excluding carboxylic acids is 1. The number of anilines is 1. The van der Waals surface area contributed by atoms with Crippen molar-refractivity contribution in [2.45, 2.75) is 0 Å². The van der Waals surface area contributed by atoms with Gasteiger partial charge in [-0.2, -0.15) is 0 Å². The van der Waals surface area contributed by atoms with E-state index in [1.807, 2.05) is 36.4 Å². The molecule has 146 valence electrons. The Hall–Kier alpha value is -3.05. The van der Waals surface area contributed by atoms with E-state index in [1.54, 1.807) is 26.4 Å². The van der Waals surface area contributed by atoms with Gasteiger partial charge in [-0.1, -0.05) is 24.3 Å². The standard InChI is InChI=1S/C23H25NO4/c1-26-22-7-4-8-23(27-2)21(22)12-11-20(25)10-9-18-5-3-6-19(17-18)24-13-15-28-16-14-24/h3-12,17H,13-16H2,1-2H3/b10-9+,12-11+. The Bertz CT molecular complexity index is 844. The first-order valence-electron chi connectivity index (χ1n) is 9.25. The Morgan fingerprint density at radius 2 is 1.61 bits per heavy atom. The number of allylic oxidation sites excluding steroid dienone is 2. The van der Waals surface area contributed by atoms with Gasteiger partial charge in [-0.3, -0.25) is 4.79 Å². The lowest BCUT2D eigenvalue weighted by Crippen LogP contribution is -2.36. The van der Waals surface area contributed by atoms with Crippen LogP contribution in [0, 0.1) is 0 Å². The van der Waals surface area contributed by atoms with Gasteiger partial charge in [0.25, 0.3) is 0 Å². The summed E-state index contributed by atoms with van der Waals surface area (Å²) in [5.74, 6) is 1.21. The van der Waals surface area contributed by atoms with Crippen LogP contribution in [0.15, 0.2) is 54.6 Å². The lowest BCUT2D eigenvalue weighted by molar-refractivity contribution is -0.110. The first-order valence-corrected chi connectivity index (χ1v) is 9.25. The summed E-state index contributed by atoms with van der Waals surface area (Å²) in [4.78, 5) is 14.6. The van der Waals surface area contributed by atoms with E-state index in [0.29, 0.717) is 11.5 Å². The largest absolute Gasteiger partial charge is 0.496 e. The minimum absolute atomic E-state index is 0.107. The first kappa shape index (κ1) is 19.7. The molecule has 0 bridgehead atoms. The molecule has 0 spiro atoms. The topological polar surface area (TPSA) is 48.0 Å². The number of benzene rings is 2. The average Bonchev–Trinajstić information content (AvgIpc) is 2.76. The van der Waals surface area contributed by atoms with Crippen molar-refractivity contribution in [3.05, 3.63) is 65.7 Å². The van der Waals surface area contributed by atoms with Gasteiger partial charge in [0.1, 0.15) is 11.5 Å². The Morgan fingerprint density at radius 1 is 0.964 bits per heavy atom. The number of hydrogen-bond acceptors (Lipinski definition) is 5. The van der Waals surface area contributed by atoms with E-state index in [0.717, 1.165) is 43.1 Å². The fourth-order valence-corrected chi connectivity index (χ4v) is 3.09. The summed E-state index contributed by atoms with van der Waals surface area (Å²) in [6.07, 6.45) is 6.63. The molecule has 1 aliphatic rings. The number of methoxy groups -OCH3 is 2. The molecule has 5 heteroatoms. The second-order valence-electron chi connectivity index (χ2n) is 6.34. The Kier molecular flexibility index (Phi) is 6.87. The highest BCUT2D eigenvalue weighted by Crippen LogP contribution is 2.29. The third-order valence-electron chi connectivity index (χ3n) is 4.57. The van der Waals surface area contributed by atoms with Crippen LogP contribution in [-0.4, -0.2) is 46.3 Å². The molecule has 0 aliphatic carbocycles. The maximum absolute atomic E-state index is 12.3. The first-order chi connectivity index (χ1) is 13.7. The van der Waals surface area contributed by atoms with Gasteiger partial charge in [-0.15, -0.1) is 0 Å². The number of hydrogen-bond donors (Lipinski definition) is 0. The highest BCUT2D eigenvalue weighted by atomic mass is 16.5. The zero-order chi connectivity index (χ0) is 19.8. The number of carbonyl (C=O) groups is 1. The summed E-state index contributed by atoms with van der Waals surface area (Å²) in [5, 5.41) is 0. The third-order valence-corrected chi connectivity index (χ3v) is 4.57. The van der Waals surface area contributed by atoms with Crippen LogP contribution in [0.25, 0.3) is 12.2 Å². The predicted molar refractivity (Wildman–Crippen MR) is 112 cm³/mol. The van der Waals surface area contributed by atoms with Crippen LogP contribution in [-0.2, 0) is 9.53 Å². The minimum Gasteiger partial charge on any atom is -0.496 e. The van der Waals surface area contributed by atoms with Crippen LogP contribution >= 0.6 is 0 Å². The van der Waals surface area contributed by atoms with Crippen molar-refractivity contribution in [3.8, 4) is 11.5 Å². The summed E-state index contributed by atoms with van der Waals surface area (Å²) >= 11 is 0. The molecule has 0 unspecified atom stereocenters. The molecule has 2 aromatic rings. The fourth-order valence-electron chi connectivity index (χ4n) is 3.09. The molecule has 0 saturated carbocycles. The second kappa shape index (κ2) is 9.76. The molecular weight excluding hydrogens is 354 g/mol. The van der Waals surface area contributed by atoms with Crippen LogP contribution in [0.5, 0.6) is 11.5 Å². The van der Waals surface area contributed by atoms with Crippen molar-refractivity contribution >= 4 is 23.6 Å². The molecule has 0 atom stereocenters. The molecule has 0 aromatic heterocycles. The molecule has 2 aromatic carbocycles. The van der Waals surface area contributed by atoms with Crippen LogP contribution < -0.4 is 14.4 Å². The van der Waals surface area contributed by atoms with Gasteiger partial charge in [-0.05, 0) is 48.1 Å². The molecule has 1 aliphatic heterocycles. The maximum atomic E-state index is 12.3. The van der Waals surface area contributed by atoms with Crippen LogP contribution in [0.4, 0.5) is 5.69 Å². The lowest BCUT2D eigenvalue weighted by Gasteiger charge is -2.29. The Labute approximate surface area is 165 Å². The van der Waals surface area contributed by atoms with E-state index in [4.69, 9.17) is 14.2 Å². The van der Waals surface area contributed by atoms with Gasteiger partial charge in [0, 0.05) is 18.8 Å². The fraction of sp³-hybridized carbons (Fsp3) is 0.261. The van der Waals surface area contributed by atoms with E-state index < -0.39 is 0 Å². The smallest absolute Gasteiger partial charge is 0.178 e. The number of nitrogens with zero attached hydrogens (tertiary/aromatic N) is 1. The molecule has 3 rings (SSSR count). The van der Waals surface area contributed by atoms with Crippen molar-refractivity contribution in [2.75, 3.05) is 45.4 Å². The monoisotopic (exact) mass is 379 g/mol. The van der Waals surface area contributed by atoms with E-state index in [9.17, 15) is 4.79 Å². The highest BCUT2D eigenvalue weighted by molar-refractivity contribution is 6.04.